The molecule has 2 aromatic heterocycles. The molecule has 1 amide bonds. The molecule has 0 spiro atoms. The van der Waals surface area contributed by atoms with E-state index >= 15 is 0 Å². The van der Waals surface area contributed by atoms with Crippen molar-refractivity contribution in [1.29, 1.82) is 0 Å². The Kier molecular flexibility index (Phi) is 2.73. The molecule has 0 aromatic carbocycles. The van der Waals surface area contributed by atoms with Gasteiger partial charge in [-0.1, -0.05) is 0 Å². The first-order chi connectivity index (χ1) is 8.06. The second-order valence-corrected chi connectivity index (χ2v) is 3.60. The average molecular weight is 232 g/mol. The van der Waals surface area contributed by atoms with Gasteiger partial charge in [-0.3, -0.25) is 9.48 Å². The molecule has 0 aliphatic carbocycles. The lowest BCUT2D eigenvalue weighted by Gasteiger charge is -2.01. The lowest BCUT2D eigenvalue weighted by Crippen LogP contribution is -2.14. The van der Waals surface area contributed by atoms with Gasteiger partial charge in [-0.15, -0.1) is 10.2 Å². The van der Waals surface area contributed by atoms with Crippen LogP contribution in [-0.2, 0) is 7.05 Å². The third-order valence-corrected chi connectivity index (χ3v) is 2.18. The van der Waals surface area contributed by atoms with Crippen LogP contribution in [0.3, 0.4) is 0 Å². The number of nitrogens with one attached hydrogen (secondary N) is 1. The zero-order valence-corrected chi connectivity index (χ0v) is 9.51. The Morgan fingerprint density at radius 1 is 1.41 bits per heavy atom. The molecule has 7 nitrogen and oxygen atoms in total. The van der Waals surface area contributed by atoms with E-state index in [1.54, 1.807) is 17.9 Å². The van der Waals surface area contributed by atoms with Crippen LogP contribution < -0.4 is 11.1 Å². The SMILES string of the molecule is Cc1nn(C)cc1NC(=O)c1ccc(N)nn1. The molecule has 7 heteroatoms. The van der Waals surface area contributed by atoms with Crippen molar-refractivity contribution in [3.63, 3.8) is 0 Å². The fourth-order valence-electron chi connectivity index (χ4n) is 1.37. The number of aryl methyl sites for hydroxylation is 2. The molecule has 0 unspecified atom stereocenters. The first-order valence-electron chi connectivity index (χ1n) is 4.97. The van der Waals surface area contributed by atoms with Crippen molar-refractivity contribution in [2.45, 2.75) is 6.92 Å². The Labute approximate surface area is 97.6 Å². The van der Waals surface area contributed by atoms with Crippen molar-refractivity contribution < 1.29 is 4.79 Å². The molecular formula is C10H12N6O. The number of nitrogens with zero attached hydrogens (tertiary/aromatic N) is 4. The van der Waals surface area contributed by atoms with Crippen LogP contribution >= 0.6 is 0 Å². The largest absolute Gasteiger partial charge is 0.382 e. The fourth-order valence-corrected chi connectivity index (χ4v) is 1.37. The molecule has 0 saturated carbocycles. The number of amides is 1. The lowest BCUT2D eigenvalue weighted by molar-refractivity contribution is 0.102. The predicted octanol–water partition coefficient (Wildman–Crippen LogP) is 0.353. The highest BCUT2D eigenvalue weighted by Gasteiger charge is 2.11. The van der Waals surface area contributed by atoms with Crippen molar-refractivity contribution in [3.8, 4) is 0 Å². The van der Waals surface area contributed by atoms with E-state index < -0.39 is 0 Å². The van der Waals surface area contributed by atoms with E-state index in [0.29, 0.717) is 5.69 Å². The Morgan fingerprint density at radius 2 is 2.18 bits per heavy atom. The van der Waals surface area contributed by atoms with E-state index in [2.05, 4.69) is 20.6 Å². The van der Waals surface area contributed by atoms with Gasteiger partial charge in [-0.25, -0.2) is 0 Å². The monoisotopic (exact) mass is 232 g/mol. The summed E-state index contributed by atoms with van der Waals surface area (Å²) in [4.78, 5) is 11.8. The molecule has 0 radical (unpaired) electrons. The molecular weight excluding hydrogens is 220 g/mol. The Hall–Kier alpha value is -2.44. The quantitative estimate of drug-likeness (QED) is 0.778. The van der Waals surface area contributed by atoms with E-state index in [9.17, 15) is 4.79 Å². The lowest BCUT2D eigenvalue weighted by atomic mass is 10.3. The molecule has 2 rings (SSSR count). The number of carbonyl (C=O) groups excluding carboxylic acids is 1. The summed E-state index contributed by atoms with van der Waals surface area (Å²) < 4.78 is 1.62. The zero-order valence-electron chi connectivity index (χ0n) is 9.51. The topological polar surface area (TPSA) is 98.7 Å². The maximum Gasteiger partial charge on any atom is 0.276 e. The molecule has 88 valence electrons. The van der Waals surface area contributed by atoms with Crippen molar-refractivity contribution in [2.75, 3.05) is 11.1 Å². The number of hydrogen-bond acceptors (Lipinski definition) is 5. The standard InChI is InChI=1S/C10H12N6O/c1-6-8(5-16(2)15-6)12-10(17)7-3-4-9(11)14-13-7/h3-5H,1-2H3,(H2,11,14)(H,12,17). The first kappa shape index (κ1) is 11.1. The highest BCUT2D eigenvalue weighted by molar-refractivity contribution is 6.03. The van der Waals surface area contributed by atoms with Crippen molar-refractivity contribution >= 4 is 17.4 Å². The summed E-state index contributed by atoms with van der Waals surface area (Å²) in [5.41, 5.74) is 6.99. The van der Waals surface area contributed by atoms with Crippen LogP contribution in [0.5, 0.6) is 0 Å². The first-order valence-corrected chi connectivity index (χ1v) is 4.97. The maximum atomic E-state index is 11.8. The second-order valence-electron chi connectivity index (χ2n) is 3.60. The van der Waals surface area contributed by atoms with Crippen molar-refractivity contribution in [3.05, 3.63) is 29.7 Å². The molecule has 0 fully saturated rings. The van der Waals surface area contributed by atoms with Gasteiger partial charge in [0.25, 0.3) is 5.91 Å². The highest BCUT2D eigenvalue weighted by Crippen LogP contribution is 2.12. The van der Waals surface area contributed by atoms with Crippen LogP contribution in [0.15, 0.2) is 18.3 Å². The van der Waals surface area contributed by atoms with Crippen LogP contribution in [0.25, 0.3) is 0 Å². The fraction of sp³-hybridized carbons (Fsp3) is 0.200. The Bertz CT molecular complexity index is 544. The number of nitrogen functional groups attached to an aromatic ring is 1. The number of rotatable bonds is 2. The molecule has 2 aromatic rings. The summed E-state index contributed by atoms with van der Waals surface area (Å²) in [7, 11) is 1.78. The molecule has 0 atom stereocenters. The maximum absolute atomic E-state index is 11.8. The second kappa shape index (κ2) is 4.20. The van der Waals surface area contributed by atoms with Crippen LogP contribution in [0, 0.1) is 6.92 Å². The smallest absolute Gasteiger partial charge is 0.276 e. The van der Waals surface area contributed by atoms with Crippen LogP contribution in [-0.4, -0.2) is 25.9 Å². The van der Waals surface area contributed by atoms with Gasteiger partial charge in [0.1, 0.15) is 5.82 Å². The van der Waals surface area contributed by atoms with Gasteiger partial charge in [0.05, 0.1) is 11.4 Å². The third kappa shape index (κ3) is 2.39. The van der Waals surface area contributed by atoms with E-state index in [0.717, 1.165) is 5.69 Å². The molecule has 0 aliphatic rings. The summed E-state index contributed by atoms with van der Waals surface area (Å²) in [6, 6.07) is 3.04. The van der Waals surface area contributed by atoms with E-state index in [1.165, 1.54) is 12.1 Å². The van der Waals surface area contributed by atoms with Crippen LogP contribution in [0.1, 0.15) is 16.2 Å². The van der Waals surface area contributed by atoms with Gasteiger partial charge in [-0.2, -0.15) is 5.10 Å². The molecule has 0 bridgehead atoms. The minimum Gasteiger partial charge on any atom is -0.382 e. The van der Waals surface area contributed by atoms with Gasteiger partial charge in [0.2, 0.25) is 0 Å². The molecule has 0 aliphatic heterocycles. The van der Waals surface area contributed by atoms with Crippen molar-refractivity contribution in [1.82, 2.24) is 20.0 Å². The molecule has 2 heterocycles. The number of aromatic nitrogens is 4. The zero-order chi connectivity index (χ0) is 12.4. The third-order valence-electron chi connectivity index (χ3n) is 2.18. The Morgan fingerprint density at radius 3 is 2.71 bits per heavy atom. The van der Waals surface area contributed by atoms with Gasteiger partial charge in [0, 0.05) is 13.2 Å². The van der Waals surface area contributed by atoms with Crippen LogP contribution in [0.2, 0.25) is 0 Å². The van der Waals surface area contributed by atoms with E-state index in [-0.39, 0.29) is 17.4 Å². The normalized spacial score (nSPS) is 10.2. The number of nitrogens with two attached hydrogens (primary N) is 1. The summed E-state index contributed by atoms with van der Waals surface area (Å²) in [5.74, 6) is -0.0623. The average Bonchev–Trinajstić information content (AvgIpc) is 2.58. The van der Waals surface area contributed by atoms with Gasteiger partial charge < -0.3 is 11.1 Å². The minimum atomic E-state index is -0.339. The molecule has 3 N–H and O–H groups in total. The molecule has 0 saturated heterocycles. The highest BCUT2D eigenvalue weighted by atomic mass is 16.1. The van der Waals surface area contributed by atoms with Crippen molar-refractivity contribution in [2.24, 2.45) is 7.05 Å². The summed E-state index contributed by atoms with van der Waals surface area (Å²) in [5, 5.41) is 14.1. The van der Waals surface area contributed by atoms with E-state index in [1.807, 2.05) is 6.92 Å². The van der Waals surface area contributed by atoms with E-state index in [4.69, 9.17) is 5.73 Å². The minimum absolute atomic E-state index is 0.211. The summed E-state index contributed by atoms with van der Waals surface area (Å²) in [6.07, 6.45) is 1.72. The van der Waals surface area contributed by atoms with Gasteiger partial charge in [-0.05, 0) is 19.1 Å². The number of carbonyl (C=O) groups is 1. The van der Waals surface area contributed by atoms with Gasteiger partial charge in [0.15, 0.2) is 5.69 Å². The van der Waals surface area contributed by atoms with Gasteiger partial charge >= 0.3 is 0 Å². The molecule has 17 heavy (non-hydrogen) atoms. The Balaban J connectivity index is 2.17. The van der Waals surface area contributed by atoms with Crippen LogP contribution in [0.4, 0.5) is 11.5 Å². The predicted molar refractivity (Wildman–Crippen MR) is 62.3 cm³/mol. The number of hydrogen-bond donors (Lipinski definition) is 2. The summed E-state index contributed by atoms with van der Waals surface area (Å²) in [6.45, 7) is 1.81. The summed E-state index contributed by atoms with van der Waals surface area (Å²) >= 11 is 0. The number of anilines is 2.